The topological polar surface area (TPSA) is 83.7 Å². The summed E-state index contributed by atoms with van der Waals surface area (Å²) in [5.74, 6) is 1.62. The van der Waals surface area contributed by atoms with Crippen LogP contribution in [0.1, 0.15) is 5.56 Å². The van der Waals surface area contributed by atoms with Crippen molar-refractivity contribution < 1.29 is 4.74 Å². The lowest BCUT2D eigenvalue weighted by Crippen LogP contribution is -2.39. The van der Waals surface area contributed by atoms with E-state index in [4.69, 9.17) is 4.74 Å². The summed E-state index contributed by atoms with van der Waals surface area (Å²) >= 11 is 0. The fraction of sp³-hybridized carbons (Fsp3) is 0.444. The molecular formula is C18H24N8O. The molecule has 0 aromatic carbocycles. The lowest BCUT2D eigenvalue weighted by atomic mass is 10.2. The molecule has 4 rings (SSSR count). The third-order valence-electron chi connectivity index (χ3n) is 4.86. The minimum atomic E-state index is 0.0859. The summed E-state index contributed by atoms with van der Waals surface area (Å²) in [6.45, 7) is 2.31. The molecule has 0 saturated carbocycles. The molecule has 0 unspecified atom stereocenters. The van der Waals surface area contributed by atoms with Crippen LogP contribution in [0.5, 0.6) is 0 Å². The molecule has 0 spiro atoms. The third-order valence-corrected chi connectivity index (χ3v) is 4.86. The lowest BCUT2D eigenvalue weighted by molar-refractivity contribution is 0.0967. The SMILES string of the molecule is CO[C@@H]1CN(c2ccnc(N(C)C)n2)C[C@@H]1NCc1cnn2ncccc12. The van der Waals surface area contributed by atoms with E-state index >= 15 is 0 Å². The molecule has 9 nitrogen and oxygen atoms in total. The van der Waals surface area contributed by atoms with Crippen LogP contribution in [0.4, 0.5) is 11.8 Å². The summed E-state index contributed by atoms with van der Waals surface area (Å²) in [6.07, 6.45) is 5.48. The van der Waals surface area contributed by atoms with Crippen LogP contribution in [0.3, 0.4) is 0 Å². The Morgan fingerprint density at radius 2 is 2.11 bits per heavy atom. The number of methoxy groups -OCH3 is 1. The molecule has 4 heterocycles. The van der Waals surface area contributed by atoms with E-state index in [0.29, 0.717) is 12.5 Å². The van der Waals surface area contributed by atoms with Gasteiger partial charge in [0.1, 0.15) is 5.82 Å². The number of aromatic nitrogens is 5. The van der Waals surface area contributed by atoms with Crippen molar-refractivity contribution in [3.05, 3.63) is 42.4 Å². The van der Waals surface area contributed by atoms with Crippen LogP contribution in [-0.2, 0) is 11.3 Å². The fourth-order valence-corrected chi connectivity index (χ4v) is 3.39. The van der Waals surface area contributed by atoms with Crippen molar-refractivity contribution in [3.63, 3.8) is 0 Å². The van der Waals surface area contributed by atoms with Crippen LogP contribution in [0.2, 0.25) is 0 Å². The normalized spacial score (nSPS) is 19.7. The van der Waals surface area contributed by atoms with Gasteiger partial charge in [0.05, 0.1) is 23.9 Å². The van der Waals surface area contributed by atoms with Gasteiger partial charge < -0.3 is 19.9 Å². The van der Waals surface area contributed by atoms with Crippen LogP contribution in [0.15, 0.2) is 36.8 Å². The highest BCUT2D eigenvalue weighted by Crippen LogP contribution is 2.22. The smallest absolute Gasteiger partial charge is 0.226 e. The van der Waals surface area contributed by atoms with Crippen molar-refractivity contribution in [2.45, 2.75) is 18.7 Å². The van der Waals surface area contributed by atoms with Crippen molar-refractivity contribution in [1.82, 2.24) is 30.1 Å². The number of rotatable bonds is 6. The van der Waals surface area contributed by atoms with Crippen molar-refractivity contribution >= 4 is 17.3 Å². The molecule has 2 atom stereocenters. The van der Waals surface area contributed by atoms with E-state index in [1.54, 1.807) is 24.1 Å². The Balaban J connectivity index is 1.46. The summed E-state index contributed by atoms with van der Waals surface area (Å²) in [5, 5.41) is 12.1. The molecule has 1 fully saturated rings. The van der Waals surface area contributed by atoms with Gasteiger partial charge in [0.25, 0.3) is 0 Å². The molecule has 142 valence electrons. The number of fused-ring (bicyclic) bond motifs is 1. The third kappa shape index (κ3) is 3.56. The predicted octanol–water partition coefficient (Wildman–Crippen LogP) is 0.579. The summed E-state index contributed by atoms with van der Waals surface area (Å²) in [6, 6.07) is 6.08. The fourth-order valence-electron chi connectivity index (χ4n) is 3.39. The maximum Gasteiger partial charge on any atom is 0.226 e. The molecule has 3 aromatic rings. The number of hydrogen-bond acceptors (Lipinski definition) is 8. The number of nitrogens with zero attached hydrogens (tertiary/aromatic N) is 7. The molecule has 0 aliphatic carbocycles. The Hall–Kier alpha value is -2.78. The molecule has 0 amide bonds. The molecule has 0 bridgehead atoms. The number of anilines is 2. The number of ether oxygens (including phenoxy) is 1. The lowest BCUT2D eigenvalue weighted by Gasteiger charge is -2.19. The Kier molecular flexibility index (Phi) is 4.87. The Bertz CT molecular complexity index is 911. The van der Waals surface area contributed by atoms with Crippen LogP contribution in [-0.4, -0.2) is 71.2 Å². The number of nitrogens with one attached hydrogen (secondary N) is 1. The highest BCUT2D eigenvalue weighted by molar-refractivity contribution is 5.52. The van der Waals surface area contributed by atoms with Crippen LogP contribution < -0.4 is 15.1 Å². The second-order valence-corrected chi connectivity index (χ2v) is 6.84. The molecule has 3 aromatic heterocycles. The maximum atomic E-state index is 5.72. The standard InChI is InChI=1S/C18H24N8O/c1-24(2)18-19-8-6-17(23-18)25-11-14(16(12-25)27-3)20-9-13-10-22-26-15(13)5-4-7-21-26/h4-8,10,14,16,20H,9,11-12H2,1-3H3/t14-,16+/m0/s1. The van der Waals surface area contributed by atoms with Gasteiger partial charge >= 0.3 is 0 Å². The second-order valence-electron chi connectivity index (χ2n) is 6.84. The molecule has 1 aliphatic heterocycles. The zero-order valence-corrected chi connectivity index (χ0v) is 15.8. The Morgan fingerprint density at radius 1 is 1.22 bits per heavy atom. The van der Waals surface area contributed by atoms with Crippen molar-refractivity contribution in [3.8, 4) is 0 Å². The molecule has 0 radical (unpaired) electrons. The zero-order chi connectivity index (χ0) is 18.8. The summed E-state index contributed by atoms with van der Waals surface area (Å²) < 4.78 is 7.37. The molecule has 1 N–H and O–H groups in total. The van der Waals surface area contributed by atoms with E-state index in [1.165, 1.54) is 0 Å². The van der Waals surface area contributed by atoms with E-state index in [2.05, 4.69) is 30.4 Å². The van der Waals surface area contributed by atoms with Crippen molar-refractivity contribution in [1.29, 1.82) is 0 Å². The van der Waals surface area contributed by atoms with E-state index in [9.17, 15) is 0 Å². The monoisotopic (exact) mass is 368 g/mol. The summed E-state index contributed by atoms with van der Waals surface area (Å²) in [4.78, 5) is 13.1. The van der Waals surface area contributed by atoms with Crippen LogP contribution >= 0.6 is 0 Å². The first kappa shape index (κ1) is 17.6. The van der Waals surface area contributed by atoms with Gasteiger partial charge in [0.15, 0.2) is 0 Å². The largest absolute Gasteiger partial charge is 0.378 e. The van der Waals surface area contributed by atoms with E-state index in [-0.39, 0.29) is 12.1 Å². The van der Waals surface area contributed by atoms with Gasteiger partial charge in [-0.25, -0.2) is 4.98 Å². The molecule has 9 heteroatoms. The second kappa shape index (κ2) is 7.45. The van der Waals surface area contributed by atoms with Gasteiger partial charge in [-0.1, -0.05) is 0 Å². The van der Waals surface area contributed by atoms with Crippen LogP contribution in [0, 0.1) is 0 Å². The highest BCUT2D eigenvalue weighted by atomic mass is 16.5. The Labute approximate surface area is 158 Å². The van der Waals surface area contributed by atoms with Gasteiger partial charge in [-0.3, -0.25) is 0 Å². The first-order valence-corrected chi connectivity index (χ1v) is 8.95. The van der Waals surface area contributed by atoms with E-state index in [0.717, 1.165) is 30.0 Å². The zero-order valence-electron chi connectivity index (χ0n) is 15.8. The average molecular weight is 368 g/mol. The molecular weight excluding hydrogens is 344 g/mol. The van der Waals surface area contributed by atoms with Crippen molar-refractivity contribution in [2.75, 3.05) is 44.1 Å². The van der Waals surface area contributed by atoms with Gasteiger partial charge in [0.2, 0.25) is 5.95 Å². The number of hydrogen-bond donors (Lipinski definition) is 1. The van der Waals surface area contributed by atoms with Gasteiger partial charge in [0, 0.05) is 58.8 Å². The van der Waals surface area contributed by atoms with Gasteiger partial charge in [-0.15, -0.1) is 0 Å². The summed E-state index contributed by atoms with van der Waals surface area (Å²) in [5.41, 5.74) is 2.13. The Morgan fingerprint density at radius 3 is 2.93 bits per heavy atom. The molecule has 1 saturated heterocycles. The highest BCUT2D eigenvalue weighted by Gasteiger charge is 2.33. The van der Waals surface area contributed by atoms with E-state index < -0.39 is 0 Å². The first-order chi connectivity index (χ1) is 13.2. The minimum absolute atomic E-state index is 0.0859. The van der Waals surface area contributed by atoms with Gasteiger partial charge in [-0.2, -0.15) is 19.8 Å². The molecule has 1 aliphatic rings. The van der Waals surface area contributed by atoms with Crippen molar-refractivity contribution in [2.24, 2.45) is 0 Å². The van der Waals surface area contributed by atoms with Crippen LogP contribution in [0.25, 0.3) is 5.52 Å². The predicted molar refractivity (Wildman–Crippen MR) is 103 cm³/mol. The minimum Gasteiger partial charge on any atom is -0.378 e. The van der Waals surface area contributed by atoms with Gasteiger partial charge in [-0.05, 0) is 18.2 Å². The maximum absolute atomic E-state index is 5.72. The summed E-state index contributed by atoms with van der Waals surface area (Å²) in [7, 11) is 5.64. The van der Waals surface area contributed by atoms with E-state index in [1.807, 2.05) is 43.4 Å². The quantitative estimate of drug-likeness (QED) is 0.676. The molecule has 27 heavy (non-hydrogen) atoms. The first-order valence-electron chi connectivity index (χ1n) is 8.95. The average Bonchev–Trinajstić information content (AvgIpc) is 3.30.